The number of nitrogens with one attached hydrogen (secondary N) is 1. The molecular formula is C15H33NO. The molecule has 0 aromatic heterocycles. The van der Waals surface area contributed by atoms with Crippen LogP contribution < -0.4 is 5.32 Å². The summed E-state index contributed by atoms with van der Waals surface area (Å²) in [6.45, 7) is 15.4. The van der Waals surface area contributed by atoms with Gasteiger partial charge in [-0.3, -0.25) is 0 Å². The summed E-state index contributed by atoms with van der Waals surface area (Å²) in [5.41, 5.74) is 0.404. The van der Waals surface area contributed by atoms with Crippen molar-refractivity contribution < 1.29 is 4.74 Å². The zero-order chi connectivity index (χ0) is 13.1. The van der Waals surface area contributed by atoms with Gasteiger partial charge in [0.05, 0.1) is 0 Å². The number of unbranched alkanes of at least 4 members (excludes halogenated alkanes) is 2. The first-order chi connectivity index (χ1) is 7.92. The molecule has 1 N–H and O–H groups in total. The van der Waals surface area contributed by atoms with Gasteiger partial charge in [0, 0.05) is 13.2 Å². The molecule has 0 spiro atoms. The minimum absolute atomic E-state index is 0.404. The zero-order valence-corrected chi connectivity index (χ0v) is 12.6. The summed E-state index contributed by atoms with van der Waals surface area (Å²) >= 11 is 0. The van der Waals surface area contributed by atoms with Crippen molar-refractivity contribution in [1.82, 2.24) is 5.32 Å². The Hall–Kier alpha value is -0.0800. The quantitative estimate of drug-likeness (QED) is 0.588. The van der Waals surface area contributed by atoms with Crippen molar-refractivity contribution in [2.75, 3.05) is 26.3 Å². The van der Waals surface area contributed by atoms with Gasteiger partial charge in [-0.15, -0.1) is 0 Å². The Kier molecular flexibility index (Phi) is 9.85. The van der Waals surface area contributed by atoms with Crippen molar-refractivity contribution in [1.29, 1.82) is 0 Å². The van der Waals surface area contributed by atoms with Crippen LogP contribution in [0.5, 0.6) is 0 Å². The van der Waals surface area contributed by atoms with E-state index in [1.54, 1.807) is 0 Å². The van der Waals surface area contributed by atoms with Crippen LogP contribution in [-0.2, 0) is 4.74 Å². The summed E-state index contributed by atoms with van der Waals surface area (Å²) in [7, 11) is 0. The largest absolute Gasteiger partial charge is 0.381 e. The molecule has 0 rings (SSSR count). The van der Waals surface area contributed by atoms with Gasteiger partial charge in [-0.2, -0.15) is 0 Å². The predicted molar refractivity (Wildman–Crippen MR) is 76.4 cm³/mol. The Balaban J connectivity index is 3.04. The highest BCUT2D eigenvalue weighted by molar-refractivity contribution is 4.59. The zero-order valence-electron chi connectivity index (χ0n) is 12.6. The van der Waals surface area contributed by atoms with Crippen LogP contribution in [0.15, 0.2) is 0 Å². The van der Waals surface area contributed by atoms with E-state index in [1.807, 2.05) is 0 Å². The third-order valence-electron chi connectivity index (χ3n) is 2.69. The molecule has 0 aliphatic carbocycles. The smallest absolute Gasteiger partial charge is 0.0471 e. The Bertz CT molecular complexity index is 161. The van der Waals surface area contributed by atoms with Crippen LogP contribution in [0, 0.1) is 11.3 Å². The first-order valence-corrected chi connectivity index (χ1v) is 7.20. The Labute approximate surface area is 109 Å². The van der Waals surface area contributed by atoms with Crippen LogP contribution in [0.2, 0.25) is 0 Å². The second kappa shape index (κ2) is 9.90. The van der Waals surface area contributed by atoms with Crippen molar-refractivity contribution in [2.45, 2.75) is 60.3 Å². The molecule has 0 bridgehead atoms. The van der Waals surface area contributed by atoms with E-state index < -0.39 is 0 Å². The maximum Gasteiger partial charge on any atom is 0.0471 e. The highest BCUT2D eigenvalue weighted by Gasteiger charge is 2.08. The summed E-state index contributed by atoms with van der Waals surface area (Å²) < 4.78 is 5.63. The van der Waals surface area contributed by atoms with E-state index in [2.05, 4.69) is 39.9 Å². The number of rotatable bonds is 10. The van der Waals surface area contributed by atoms with Crippen LogP contribution in [0.1, 0.15) is 60.3 Å². The molecular weight excluding hydrogens is 210 g/mol. The SMILES string of the molecule is CC(C)CNCCCCCOCCC(C)(C)C. The molecule has 0 aromatic rings. The van der Waals surface area contributed by atoms with Crippen molar-refractivity contribution in [2.24, 2.45) is 11.3 Å². The molecule has 2 nitrogen and oxygen atoms in total. The number of ether oxygens (including phenoxy) is 1. The lowest BCUT2D eigenvalue weighted by Crippen LogP contribution is -2.20. The Morgan fingerprint density at radius 1 is 1.00 bits per heavy atom. The molecule has 0 saturated carbocycles. The van der Waals surface area contributed by atoms with Crippen LogP contribution in [-0.4, -0.2) is 26.3 Å². The molecule has 0 aliphatic heterocycles. The lowest BCUT2D eigenvalue weighted by Gasteiger charge is -2.17. The molecule has 104 valence electrons. The Morgan fingerprint density at radius 2 is 1.71 bits per heavy atom. The molecule has 17 heavy (non-hydrogen) atoms. The van der Waals surface area contributed by atoms with Crippen molar-refractivity contribution >= 4 is 0 Å². The van der Waals surface area contributed by atoms with Gasteiger partial charge in [-0.25, -0.2) is 0 Å². The fraction of sp³-hybridized carbons (Fsp3) is 1.00. The molecule has 0 saturated heterocycles. The van der Waals surface area contributed by atoms with Crippen molar-refractivity contribution in [3.63, 3.8) is 0 Å². The third kappa shape index (κ3) is 15.9. The van der Waals surface area contributed by atoms with E-state index in [1.165, 1.54) is 19.3 Å². The van der Waals surface area contributed by atoms with Gasteiger partial charge in [0.25, 0.3) is 0 Å². The lowest BCUT2D eigenvalue weighted by atomic mass is 9.93. The van der Waals surface area contributed by atoms with E-state index in [4.69, 9.17) is 4.74 Å². The standard InChI is InChI=1S/C15H33NO/c1-14(2)13-16-10-7-6-8-11-17-12-9-15(3,4)5/h14,16H,6-13H2,1-5H3. The van der Waals surface area contributed by atoms with Crippen molar-refractivity contribution in [3.8, 4) is 0 Å². The first kappa shape index (κ1) is 16.9. The molecule has 0 fully saturated rings. The van der Waals surface area contributed by atoms with E-state index in [0.29, 0.717) is 5.41 Å². The summed E-state index contributed by atoms with van der Waals surface area (Å²) in [6.07, 6.45) is 4.91. The Morgan fingerprint density at radius 3 is 2.29 bits per heavy atom. The lowest BCUT2D eigenvalue weighted by molar-refractivity contribution is 0.105. The number of hydrogen-bond donors (Lipinski definition) is 1. The summed E-state index contributed by atoms with van der Waals surface area (Å²) in [6, 6.07) is 0. The van der Waals surface area contributed by atoms with E-state index >= 15 is 0 Å². The van der Waals surface area contributed by atoms with Gasteiger partial charge in [-0.1, -0.05) is 34.6 Å². The minimum atomic E-state index is 0.404. The van der Waals surface area contributed by atoms with Gasteiger partial charge in [-0.05, 0) is 50.1 Å². The average Bonchev–Trinajstić information content (AvgIpc) is 2.18. The van der Waals surface area contributed by atoms with Crippen LogP contribution in [0.3, 0.4) is 0 Å². The molecule has 0 unspecified atom stereocenters. The average molecular weight is 243 g/mol. The molecule has 0 amide bonds. The van der Waals surface area contributed by atoms with Gasteiger partial charge in [0.15, 0.2) is 0 Å². The van der Waals surface area contributed by atoms with Crippen molar-refractivity contribution in [3.05, 3.63) is 0 Å². The minimum Gasteiger partial charge on any atom is -0.381 e. The molecule has 0 aromatic carbocycles. The van der Waals surface area contributed by atoms with Gasteiger partial charge in [0.2, 0.25) is 0 Å². The molecule has 0 radical (unpaired) electrons. The summed E-state index contributed by atoms with van der Waals surface area (Å²) in [4.78, 5) is 0. The molecule has 0 aliphatic rings. The monoisotopic (exact) mass is 243 g/mol. The second-order valence-corrected chi connectivity index (χ2v) is 6.58. The normalized spacial score (nSPS) is 12.4. The summed E-state index contributed by atoms with van der Waals surface area (Å²) in [5.74, 6) is 0.760. The van der Waals surface area contributed by atoms with Gasteiger partial charge in [0.1, 0.15) is 0 Å². The molecule has 0 heterocycles. The predicted octanol–water partition coefficient (Wildman–Crippen LogP) is 3.86. The van der Waals surface area contributed by atoms with Crippen LogP contribution in [0.4, 0.5) is 0 Å². The molecule has 2 heteroatoms. The van der Waals surface area contributed by atoms with Gasteiger partial charge >= 0.3 is 0 Å². The maximum absolute atomic E-state index is 5.63. The second-order valence-electron chi connectivity index (χ2n) is 6.58. The van der Waals surface area contributed by atoms with E-state index in [0.717, 1.165) is 38.6 Å². The fourth-order valence-corrected chi connectivity index (χ4v) is 1.50. The van der Waals surface area contributed by atoms with Gasteiger partial charge < -0.3 is 10.1 Å². The van der Waals surface area contributed by atoms with Crippen LogP contribution >= 0.6 is 0 Å². The molecule has 0 atom stereocenters. The third-order valence-corrected chi connectivity index (χ3v) is 2.69. The highest BCUT2D eigenvalue weighted by atomic mass is 16.5. The summed E-state index contributed by atoms with van der Waals surface area (Å²) in [5, 5.41) is 3.47. The number of hydrogen-bond acceptors (Lipinski definition) is 2. The highest BCUT2D eigenvalue weighted by Crippen LogP contribution is 2.17. The maximum atomic E-state index is 5.63. The van der Waals surface area contributed by atoms with E-state index in [9.17, 15) is 0 Å². The fourth-order valence-electron chi connectivity index (χ4n) is 1.50. The first-order valence-electron chi connectivity index (χ1n) is 7.20. The van der Waals surface area contributed by atoms with E-state index in [-0.39, 0.29) is 0 Å². The van der Waals surface area contributed by atoms with Crippen LogP contribution in [0.25, 0.3) is 0 Å². The topological polar surface area (TPSA) is 21.3 Å².